The van der Waals surface area contributed by atoms with Crippen molar-refractivity contribution in [3.8, 4) is 0 Å². The fourth-order valence-electron chi connectivity index (χ4n) is 3.23. The summed E-state index contributed by atoms with van der Waals surface area (Å²) in [4.78, 5) is 48.6. The summed E-state index contributed by atoms with van der Waals surface area (Å²) in [6.07, 6.45) is 0.769. The Morgan fingerprint density at radius 1 is 0.765 bits per heavy atom. The van der Waals surface area contributed by atoms with Crippen LogP contribution < -0.4 is 0 Å². The third-order valence-electron chi connectivity index (χ3n) is 4.86. The Balaban J connectivity index is 2.37. The molecule has 7 nitrogen and oxygen atoms in total. The predicted molar refractivity (Wildman–Crippen MR) is 125 cm³/mol. The van der Waals surface area contributed by atoms with Gasteiger partial charge in [0.1, 0.15) is 30.8 Å². The van der Waals surface area contributed by atoms with Crippen LogP contribution in [0.1, 0.15) is 44.7 Å². The molecule has 0 unspecified atom stereocenters. The molecular weight excluding hydrogens is 436 g/mol. The Kier molecular flexibility index (Phi) is 10.4. The Bertz CT molecular complexity index is 1070. The molecule has 0 aromatic heterocycles. The summed E-state index contributed by atoms with van der Waals surface area (Å²) >= 11 is 0. The Morgan fingerprint density at radius 3 is 1.74 bits per heavy atom. The summed E-state index contributed by atoms with van der Waals surface area (Å²) in [5.41, 5.74) is 1.84. The van der Waals surface area contributed by atoms with E-state index < -0.39 is 17.9 Å². The van der Waals surface area contributed by atoms with Crippen molar-refractivity contribution in [2.45, 2.75) is 46.8 Å². The fourth-order valence-corrected chi connectivity index (χ4v) is 3.23. The first-order valence-electron chi connectivity index (χ1n) is 10.8. The van der Waals surface area contributed by atoms with E-state index in [4.69, 9.17) is 14.2 Å². The first-order valence-corrected chi connectivity index (χ1v) is 10.8. The summed E-state index contributed by atoms with van der Waals surface area (Å²) in [5, 5.41) is 0. The summed E-state index contributed by atoms with van der Waals surface area (Å²) < 4.78 is 16.0. The Labute approximate surface area is 199 Å². The van der Waals surface area contributed by atoms with E-state index in [1.165, 1.54) is 20.8 Å². The highest BCUT2D eigenvalue weighted by Crippen LogP contribution is 2.25. The first-order chi connectivity index (χ1) is 16.3. The molecule has 34 heavy (non-hydrogen) atoms. The summed E-state index contributed by atoms with van der Waals surface area (Å²) in [6.45, 7) is 4.20. The lowest BCUT2D eigenvalue weighted by molar-refractivity contribution is -0.141. The van der Waals surface area contributed by atoms with Crippen LogP contribution in [0.5, 0.6) is 0 Å². The molecule has 0 N–H and O–H groups in total. The van der Waals surface area contributed by atoms with Gasteiger partial charge in [-0.05, 0) is 37.0 Å². The molecule has 0 heterocycles. The molecule has 0 fully saturated rings. The average Bonchev–Trinajstić information content (AvgIpc) is 2.82. The smallest absolute Gasteiger partial charge is 0.342 e. The van der Waals surface area contributed by atoms with Gasteiger partial charge >= 0.3 is 17.9 Å². The molecule has 2 aromatic carbocycles. The van der Waals surface area contributed by atoms with Crippen LogP contribution in [0, 0.1) is 0 Å². The first kappa shape index (κ1) is 26.3. The van der Waals surface area contributed by atoms with E-state index in [0.717, 1.165) is 11.1 Å². The zero-order valence-electron chi connectivity index (χ0n) is 19.5. The molecule has 0 aliphatic carbocycles. The van der Waals surface area contributed by atoms with E-state index in [0.29, 0.717) is 6.29 Å². The van der Waals surface area contributed by atoms with Crippen LogP contribution in [-0.2, 0) is 46.6 Å². The number of carbonyl (C=O) groups is 4. The van der Waals surface area contributed by atoms with Crippen LogP contribution in [0.25, 0.3) is 0 Å². The second-order valence-electron chi connectivity index (χ2n) is 7.46. The van der Waals surface area contributed by atoms with Crippen molar-refractivity contribution in [3.05, 3.63) is 94.3 Å². The van der Waals surface area contributed by atoms with Crippen LogP contribution in [0.2, 0.25) is 0 Å². The quantitative estimate of drug-likeness (QED) is 0.120. The maximum Gasteiger partial charge on any atom is 0.342 e. The van der Waals surface area contributed by atoms with Gasteiger partial charge < -0.3 is 19.0 Å². The highest BCUT2D eigenvalue weighted by Gasteiger charge is 2.25. The number of benzene rings is 2. The van der Waals surface area contributed by atoms with Crippen LogP contribution >= 0.6 is 0 Å². The Morgan fingerprint density at radius 2 is 1.26 bits per heavy atom. The molecule has 2 aromatic rings. The number of aldehydes is 1. The van der Waals surface area contributed by atoms with E-state index in [9.17, 15) is 19.2 Å². The summed E-state index contributed by atoms with van der Waals surface area (Å²) in [5.74, 6) is -2.07. The zero-order valence-corrected chi connectivity index (χ0v) is 19.5. The maximum atomic E-state index is 13.0. The zero-order chi connectivity index (χ0) is 24.9. The highest BCUT2D eigenvalue weighted by molar-refractivity contribution is 5.99. The van der Waals surface area contributed by atoms with Crippen molar-refractivity contribution >= 4 is 24.2 Å². The van der Waals surface area contributed by atoms with E-state index >= 15 is 0 Å². The van der Waals surface area contributed by atoms with Crippen molar-refractivity contribution in [2.75, 3.05) is 0 Å². The van der Waals surface area contributed by atoms with Crippen LogP contribution in [-0.4, -0.2) is 24.2 Å². The van der Waals surface area contributed by atoms with Gasteiger partial charge in [-0.1, -0.05) is 60.7 Å². The monoisotopic (exact) mass is 464 g/mol. The number of hydrogen-bond acceptors (Lipinski definition) is 7. The molecule has 0 bridgehead atoms. The van der Waals surface area contributed by atoms with Gasteiger partial charge in [-0.15, -0.1) is 0 Å². The van der Waals surface area contributed by atoms with Crippen LogP contribution in [0.3, 0.4) is 0 Å². The largest absolute Gasteiger partial charge is 0.457 e. The van der Waals surface area contributed by atoms with E-state index in [1.54, 1.807) is 12.1 Å². The van der Waals surface area contributed by atoms with Crippen molar-refractivity contribution in [3.63, 3.8) is 0 Å². The third-order valence-corrected chi connectivity index (χ3v) is 4.86. The molecule has 0 atom stereocenters. The van der Waals surface area contributed by atoms with Crippen molar-refractivity contribution < 1.29 is 33.4 Å². The normalized spacial score (nSPS) is 12.1. The minimum Gasteiger partial charge on any atom is -0.457 e. The lowest BCUT2D eigenvalue weighted by atomic mass is 9.97. The number of rotatable bonds is 11. The molecule has 0 aliphatic rings. The SMILES string of the molecule is CC(=O)O/C(C)=C(C(=O)OCc1ccccc1)/C(C)=C(\CCC=O)C(=O)OCc1ccccc1. The molecule has 0 saturated carbocycles. The van der Waals surface area contributed by atoms with E-state index in [1.807, 2.05) is 48.5 Å². The summed E-state index contributed by atoms with van der Waals surface area (Å²) in [6, 6.07) is 18.2. The van der Waals surface area contributed by atoms with Gasteiger partial charge in [-0.3, -0.25) is 4.79 Å². The lowest BCUT2D eigenvalue weighted by Crippen LogP contribution is -2.17. The highest BCUT2D eigenvalue weighted by atomic mass is 16.5. The number of hydrogen-bond donors (Lipinski definition) is 0. The average molecular weight is 465 g/mol. The van der Waals surface area contributed by atoms with Crippen molar-refractivity contribution in [1.29, 1.82) is 0 Å². The molecule has 0 aliphatic heterocycles. The Hall–Kier alpha value is -4.00. The third kappa shape index (κ3) is 8.16. The molecule has 0 radical (unpaired) electrons. The second-order valence-corrected chi connectivity index (χ2v) is 7.46. The second kappa shape index (κ2) is 13.5. The van der Waals surface area contributed by atoms with E-state index in [-0.39, 0.29) is 48.5 Å². The predicted octanol–water partition coefficient (Wildman–Crippen LogP) is 4.61. The summed E-state index contributed by atoms with van der Waals surface area (Å²) in [7, 11) is 0. The topological polar surface area (TPSA) is 96.0 Å². The number of esters is 3. The van der Waals surface area contributed by atoms with Gasteiger partial charge in [0.2, 0.25) is 0 Å². The van der Waals surface area contributed by atoms with E-state index in [2.05, 4.69) is 0 Å². The van der Waals surface area contributed by atoms with Crippen molar-refractivity contribution in [1.82, 2.24) is 0 Å². The maximum absolute atomic E-state index is 13.0. The van der Waals surface area contributed by atoms with Crippen LogP contribution in [0.4, 0.5) is 0 Å². The molecule has 0 amide bonds. The van der Waals surface area contributed by atoms with Gasteiger partial charge in [0.15, 0.2) is 0 Å². The van der Waals surface area contributed by atoms with Gasteiger partial charge in [-0.25, -0.2) is 9.59 Å². The van der Waals surface area contributed by atoms with Gasteiger partial charge in [0, 0.05) is 18.9 Å². The molecular formula is C27H28O7. The molecule has 178 valence electrons. The molecule has 0 saturated heterocycles. The number of ether oxygens (including phenoxy) is 3. The molecule has 0 spiro atoms. The standard InChI is InChI=1S/C27H28O7/c1-19(24(15-10-16-28)26(30)32-17-22-11-6-4-7-12-22)25(20(2)34-21(3)29)27(31)33-18-23-13-8-5-9-14-23/h4-9,11-14,16H,10,15,17-18H2,1-3H3/b24-19+,25-20-. The number of allylic oxidation sites excluding steroid dienone is 1. The minimum absolute atomic E-state index is 0.00801. The molecule has 7 heteroatoms. The lowest BCUT2D eigenvalue weighted by Gasteiger charge is -2.16. The van der Waals surface area contributed by atoms with Crippen molar-refractivity contribution in [2.24, 2.45) is 0 Å². The number of carbonyl (C=O) groups excluding carboxylic acids is 4. The van der Waals surface area contributed by atoms with Gasteiger partial charge in [0.25, 0.3) is 0 Å². The van der Waals surface area contributed by atoms with Gasteiger partial charge in [0.05, 0.1) is 0 Å². The fraction of sp³-hybridized carbons (Fsp3) is 0.259. The molecule has 2 rings (SSSR count). The van der Waals surface area contributed by atoms with Crippen LogP contribution in [0.15, 0.2) is 83.1 Å². The van der Waals surface area contributed by atoms with Gasteiger partial charge in [-0.2, -0.15) is 0 Å². The minimum atomic E-state index is -0.764.